The molecule has 0 bridgehead atoms. The fourth-order valence-electron chi connectivity index (χ4n) is 2.32. The van der Waals surface area contributed by atoms with Gasteiger partial charge in [0, 0.05) is 12.5 Å². The van der Waals surface area contributed by atoms with Crippen LogP contribution < -0.4 is 10.1 Å². The normalized spacial score (nSPS) is 22.9. The second-order valence-corrected chi connectivity index (χ2v) is 5.71. The largest absolute Gasteiger partial charge is 0.461 e. The first-order chi connectivity index (χ1) is 9.54. The van der Waals surface area contributed by atoms with Crippen molar-refractivity contribution in [1.82, 2.24) is 15.0 Å². The average molecular weight is 301 g/mol. The Morgan fingerprint density at radius 1 is 1.30 bits per heavy atom. The van der Waals surface area contributed by atoms with Gasteiger partial charge in [-0.3, -0.25) is 0 Å². The van der Waals surface area contributed by atoms with Crippen molar-refractivity contribution in [2.75, 3.05) is 11.9 Å². The minimum Gasteiger partial charge on any atom is -0.461 e. The van der Waals surface area contributed by atoms with Crippen molar-refractivity contribution in [2.45, 2.75) is 51.7 Å². The highest BCUT2D eigenvalue weighted by molar-refractivity contribution is 6.28. The number of nitrogens with one attached hydrogen (secondary N) is 1. The SMILES string of the molecule is CC(C)Oc1nc(Cl)nc(NCC2CCCCC2O)n1. The molecule has 6 nitrogen and oxygen atoms in total. The topological polar surface area (TPSA) is 80.2 Å². The molecule has 7 heteroatoms. The number of hydrogen-bond donors (Lipinski definition) is 2. The summed E-state index contributed by atoms with van der Waals surface area (Å²) in [4.78, 5) is 12.1. The van der Waals surface area contributed by atoms with E-state index in [9.17, 15) is 5.11 Å². The lowest BCUT2D eigenvalue weighted by atomic mass is 9.86. The average Bonchev–Trinajstić information content (AvgIpc) is 2.36. The minimum absolute atomic E-state index is 0.0264. The Labute approximate surface area is 123 Å². The number of hydrogen-bond acceptors (Lipinski definition) is 6. The Hall–Kier alpha value is -1.14. The molecule has 2 rings (SSSR count). The van der Waals surface area contributed by atoms with E-state index in [1.165, 1.54) is 0 Å². The molecule has 0 radical (unpaired) electrons. The summed E-state index contributed by atoms with van der Waals surface area (Å²) in [6, 6.07) is 0.215. The smallest absolute Gasteiger partial charge is 0.322 e. The van der Waals surface area contributed by atoms with Gasteiger partial charge in [-0.25, -0.2) is 0 Å². The molecule has 2 unspecified atom stereocenters. The van der Waals surface area contributed by atoms with Crippen molar-refractivity contribution >= 4 is 17.5 Å². The van der Waals surface area contributed by atoms with E-state index in [1.54, 1.807) is 0 Å². The molecule has 0 saturated heterocycles. The molecule has 1 aromatic rings. The van der Waals surface area contributed by atoms with Crippen LogP contribution in [0.4, 0.5) is 5.95 Å². The molecule has 1 aromatic heterocycles. The first-order valence-corrected chi connectivity index (χ1v) is 7.42. The number of anilines is 1. The summed E-state index contributed by atoms with van der Waals surface area (Å²) >= 11 is 5.85. The Morgan fingerprint density at radius 2 is 2.05 bits per heavy atom. The molecule has 1 saturated carbocycles. The maximum absolute atomic E-state index is 9.93. The van der Waals surface area contributed by atoms with Crippen LogP contribution in [0.1, 0.15) is 39.5 Å². The molecule has 2 N–H and O–H groups in total. The van der Waals surface area contributed by atoms with E-state index in [-0.39, 0.29) is 29.4 Å². The van der Waals surface area contributed by atoms with Gasteiger partial charge in [-0.05, 0) is 38.3 Å². The molecule has 2 atom stereocenters. The third kappa shape index (κ3) is 4.45. The van der Waals surface area contributed by atoms with Crippen LogP contribution in [0.5, 0.6) is 6.01 Å². The maximum Gasteiger partial charge on any atom is 0.322 e. The van der Waals surface area contributed by atoms with E-state index in [2.05, 4.69) is 20.3 Å². The van der Waals surface area contributed by atoms with E-state index in [0.29, 0.717) is 12.5 Å². The number of aliphatic hydroxyl groups excluding tert-OH is 1. The van der Waals surface area contributed by atoms with Crippen molar-refractivity contribution in [2.24, 2.45) is 5.92 Å². The fourth-order valence-corrected chi connectivity index (χ4v) is 2.48. The highest BCUT2D eigenvalue weighted by atomic mass is 35.5. The number of aliphatic hydroxyl groups is 1. The van der Waals surface area contributed by atoms with Gasteiger partial charge < -0.3 is 15.2 Å². The number of nitrogens with zero attached hydrogens (tertiary/aromatic N) is 3. The van der Waals surface area contributed by atoms with Crippen LogP contribution in [-0.4, -0.2) is 38.8 Å². The van der Waals surface area contributed by atoms with Crippen molar-refractivity contribution in [3.8, 4) is 6.01 Å². The lowest BCUT2D eigenvalue weighted by molar-refractivity contribution is 0.0762. The highest BCUT2D eigenvalue weighted by Crippen LogP contribution is 2.24. The van der Waals surface area contributed by atoms with Gasteiger partial charge >= 0.3 is 6.01 Å². The van der Waals surface area contributed by atoms with E-state index in [1.807, 2.05) is 13.8 Å². The highest BCUT2D eigenvalue weighted by Gasteiger charge is 2.23. The maximum atomic E-state index is 9.93. The second kappa shape index (κ2) is 7.04. The van der Waals surface area contributed by atoms with Crippen LogP contribution in [0.15, 0.2) is 0 Å². The molecule has 112 valence electrons. The summed E-state index contributed by atoms with van der Waals surface area (Å²) in [5.41, 5.74) is 0. The molecule has 20 heavy (non-hydrogen) atoms. The van der Waals surface area contributed by atoms with Gasteiger partial charge in [0.1, 0.15) is 0 Å². The molecule has 1 fully saturated rings. The number of aromatic nitrogens is 3. The van der Waals surface area contributed by atoms with Gasteiger partial charge in [0.05, 0.1) is 12.2 Å². The van der Waals surface area contributed by atoms with Gasteiger partial charge in [0.2, 0.25) is 11.2 Å². The van der Waals surface area contributed by atoms with Gasteiger partial charge in [-0.2, -0.15) is 15.0 Å². The Balaban J connectivity index is 1.96. The van der Waals surface area contributed by atoms with Crippen LogP contribution in [0.2, 0.25) is 5.28 Å². The van der Waals surface area contributed by atoms with E-state index in [4.69, 9.17) is 16.3 Å². The predicted octanol–water partition coefficient (Wildman–Crippen LogP) is 2.28. The zero-order valence-electron chi connectivity index (χ0n) is 11.8. The van der Waals surface area contributed by atoms with Crippen LogP contribution in [0, 0.1) is 5.92 Å². The van der Waals surface area contributed by atoms with Crippen molar-refractivity contribution in [1.29, 1.82) is 0 Å². The molecular weight excluding hydrogens is 280 g/mol. The van der Waals surface area contributed by atoms with Crippen molar-refractivity contribution < 1.29 is 9.84 Å². The summed E-state index contributed by atoms with van der Waals surface area (Å²) in [6.45, 7) is 4.41. The monoisotopic (exact) mass is 300 g/mol. The van der Waals surface area contributed by atoms with Crippen molar-refractivity contribution in [3.05, 3.63) is 5.28 Å². The Morgan fingerprint density at radius 3 is 2.75 bits per heavy atom. The molecule has 1 aliphatic rings. The fraction of sp³-hybridized carbons (Fsp3) is 0.769. The second-order valence-electron chi connectivity index (χ2n) is 5.37. The molecule has 0 aromatic carbocycles. The first-order valence-electron chi connectivity index (χ1n) is 7.04. The number of ether oxygens (including phenoxy) is 1. The third-order valence-electron chi connectivity index (χ3n) is 3.32. The van der Waals surface area contributed by atoms with Gasteiger partial charge in [-0.1, -0.05) is 12.8 Å². The van der Waals surface area contributed by atoms with Gasteiger partial charge in [0.15, 0.2) is 0 Å². The van der Waals surface area contributed by atoms with Gasteiger partial charge in [0.25, 0.3) is 0 Å². The van der Waals surface area contributed by atoms with Crippen LogP contribution >= 0.6 is 11.6 Å². The molecular formula is C13H21ClN4O2. The number of rotatable bonds is 5. The Bertz CT molecular complexity index is 444. The quantitative estimate of drug-likeness (QED) is 0.868. The third-order valence-corrected chi connectivity index (χ3v) is 3.49. The molecule has 1 aliphatic carbocycles. The lowest BCUT2D eigenvalue weighted by Crippen LogP contribution is -2.30. The zero-order valence-corrected chi connectivity index (χ0v) is 12.6. The molecule has 0 aliphatic heterocycles. The summed E-state index contributed by atoms with van der Waals surface area (Å²) in [7, 11) is 0. The summed E-state index contributed by atoms with van der Waals surface area (Å²) in [5.74, 6) is 0.618. The summed E-state index contributed by atoms with van der Waals surface area (Å²) in [5, 5.41) is 13.1. The minimum atomic E-state index is -0.250. The van der Waals surface area contributed by atoms with E-state index < -0.39 is 0 Å². The summed E-state index contributed by atoms with van der Waals surface area (Å²) < 4.78 is 5.41. The standard InChI is InChI=1S/C13H21ClN4O2/c1-8(2)20-13-17-11(14)16-12(18-13)15-7-9-5-3-4-6-10(9)19/h8-10,19H,3-7H2,1-2H3,(H,15,16,17,18). The zero-order chi connectivity index (χ0) is 14.5. The Kier molecular flexibility index (Phi) is 5.37. The predicted molar refractivity (Wildman–Crippen MR) is 77.1 cm³/mol. The molecule has 1 heterocycles. The van der Waals surface area contributed by atoms with Crippen LogP contribution in [-0.2, 0) is 0 Å². The number of halogens is 1. The summed E-state index contributed by atoms with van der Waals surface area (Å²) in [6.07, 6.45) is 3.86. The molecule has 0 amide bonds. The lowest BCUT2D eigenvalue weighted by Gasteiger charge is -2.27. The first kappa shape index (κ1) is 15.3. The van der Waals surface area contributed by atoms with Gasteiger partial charge in [-0.15, -0.1) is 0 Å². The molecule has 0 spiro atoms. The van der Waals surface area contributed by atoms with E-state index >= 15 is 0 Å². The van der Waals surface area contributed by atoms with Crippen LogP contribution in [0.3, 0.4) is 0 Å². The van der Waals surface area contributed by atoms with Crippen molar-refractivity contribution in [3.63, 3.8) is 0 Å². The van der Waals surface area contributed by atoms with Crippen LogP contribution in [0.25, 0.3) is 0 Å². The van der Waals surface area contributed by atoms with E-state index in [0.717, 1.165) is 25.7 Å².